The van der Waals surface area contributed by atoms with Crippen LogP contribution in [-0.4, -0.2) is 15.0 Å². The number of hydrogen-bond acceptors (Lipinski definition) is 5. The normalized spacial score (nSPS) is 16.3. The Morgan fingerprint density at radius 3 is 2.61 bits per heavy atom. The number of anilines is 2. The lowest BCUT2D eigenvalue weighted by Crippen LogP contribution is -2.13. The van der Waals surface area contributed by atoms with Gasteiger partial charge in [-0.05, 0) is 55.0 Å². The number of hydrogen-bond donors (Lipinski definition) is 1. The first-order valence-electron chi connectivity index (χ1n) is 10.5. The summed E-state index contributed by atoms with van der Waals surface area (Å²) in [6.45, 7) is 4.22. The van der Waals surface area contributed by atoms with Gasteiger partial charge in [0, 0.05) is 24.0 Å². The van der Waals surface area contributed by atoms with Gasteiger partial charge in [0.1, 0.15) is 5.69 Å². The summed E-state index contributed by atoms with van der Waals surface area (Å²) in [5.74, 6) is 1.06. The van der Waals surface area contributed by atoms with Crippen molar-refractivity contribution in [2.75, 3.05) is 5.32 Å². The summed E-state index contributed by atoms with van der Waals surface area (Å²) in [5, 5.41) is 4.06. The van der Waals surface area contributed by atoms with E-state index in [9.17, 15) is 13.2 Å². The van der Waals surface area contributed by atoms with Crippen molar-refractivity contribution in [1.82, 2.24) is 15.0 Å². The smallest absolute Gasteiger partial charge is 0.324 e. The van der Waals surface area contributed by atoms with Gasteiger partial charge in [-0.1, -0.05) is 32.3 Å². The zero-order valence-electron chi connectivity index (χ0n) is 17.5. The van der Waals surface area contributed by atoms with Crippen molar-refractivity contribution >= 4 is 23.0 Å². The number of aryl methyl sites for hydroxylation is 1. The molecule has 164 valence electrons. The van der Waals surface area contributed by atoms with E-state index in [2.05, 4.69) is 28.3 Å². The zero-order chi connectivity index (χ0) is 22.0. The van der Waals surface area contributed by atoms with Crippen LogP contribution in [0.3, 0.4) is 0 Å². The molecule has 0 radical (unpaired) electrons. The van der Waals surface area contributed by atoms with E-state index in [4.69, 9.17) is 4.98 Å². The van der Waals surface area contributed by atoms with Crippen LogP contribution in [0.5, 0.6) is 0 Å². The molecule has 4 nitrogen and oxygen atoms in total. The van der Waals surface area contributed by atoms with Crippen molar-refractivity contribution in [3.05, 3.63) is 52.9 Å². The van der Waals surface area contributed by atoms with Crippen molar-refractivity contribution in [3.63, 3.8) is 0 Å². The third-order valence-corrected chi connectivity index (χ3v) is 7.08. The number of thiazole rings is 1. The van der Waals surface area contributed by atoms with Crippen LogP contribution in [0, 0.1) is 12.8 Å². The lowest BCUT2D eigenvalue weighted by atomic mass is 9.81. The van der Waals surface area contributed by atoms with Crippen LogP contribution in [0.4, 0.5) is 24.8 Å². The van der Waals surface area contributed by atoms with Crippen molar-refractivity contribution in [2.24, 2.45) is 5.92 Å². The minimum Gasteiger partial charge on any atom is -0.324 e. The topological polar surface area (TPSA) is 50.7 Å². The minimum absolute atomic E-state index is 0.0812. The van der Waals surface area contributed by atoms with Crippen molar-refractivity contribution < 1.29 is 13.2 Å². The van der Waals surface area contributed by atoms with Gasteiger partial charge in [-0.3, -0.25) is 0 Å². The highest BCUT2D eigenvalue weighted by atomic mass is 32.1. The molecular weight excluding hydrogens is 421 g/mol. The molecule has 1 N–H and O–H groups in total. The van der Waals surface area contributed by atoms with Gasteiger partial charge in [0.15, 0.2) is 0 Å². The van der Waals surface area contributed by atoms with E-state index in [1.807, 2.05) is 25.3 Å². The molecule has 4 rings (SSSR count). The molecule has 0 aliphatic heterocycles. The van der Waals surface area contributed by atoms with E-state index < -0.39 is 11.9 Å². The highest BCUT2D eigenvalue weighted by Crippen LogP contribution is 2.39. The monoisotopic (exact) mass is 446 g/mol. The standard InChI is InChI=1S/C23H25F3N4S/c1-14-10-17(19-13-28-21(31-19)15(2)16-6-4-3-5-7-16)12-18(11-14)29-22-27-9-8-20(30-22)23(24,25)26/h8-13,15-16H,3-7H2,1-2H3,(H,27,29,30). The van der Waals surface area contributed by atoms with E-state index in [-0.39, 0.29) is 5.95 Å². The maximum atomic E-state index is 12.9. The zero-order valence-corrected chi connectivity index (χ0v) is 18.4. The van der Waals surface area contributed by atoms with Gasteiger partial charge >= 0.3 is 6.18 Å². The molecule has 31 heavy (non-hydrogen) atoms. The van der Waals surface area contributed by atoms with E-state index in [1.54, 1.807) is 11.3 Å². The molecule has 1 fully saturated rings. The Morgan fingerprint density at radius 2 is 1.87 bits per heavy atom. The maximum Gasteiger partial charge on any atom is 0.433 e. The molecule has 1 atom stereocenters. The van der Waals surface area contributed by atoms with Gasteiger partial charge in [-0.25, -0.2) is 15.0 Å². The quantitative estimate of drug-likeness (QED) is 0.445. The number of nitrogens with zero attached hydrogens (tertiary/aromatic N) is 3. The lowest BCUT2D eigenvalue weighted by molar-refractivity contribution is -0.141. The molecule has 3 aromatic rings. The molecule has 1 unspecified atom stereocenters. The molecule has 0 spiro atoms. The summed E-state index contributed by atoms with van der Waals surface area (Å²) < 4.78 is 38.8. The van der Waals surface area contributed by atoms with Crippen LogP contribution in [0.2, 0.25) is 0 Å². The van der Waals surface area contributed by atoms with E-state index in [1.165, 1.54) is 32.1 Å². The van der Waals surface area contributed by atoms with Crippen LogP contribution >= 0.6 is 11.3 Å². The molecule has 1 saturated carbocycles. The molecular formula is C23H25F3N4S. The molecule has 0 bridgehead atoms. The molecule has 1 aliphatic rings. The highest BCUT2D eigenvalue weighted by molar-refractivity contribution is 7.15. The molecule has 8 heteroatoms. The number of rotatable bonds is 5. The van der Waals surface area contributed by atoms with Gasteiger partial charge < -0.3 is 5.32 Å². The average molecular weight is 447 g/mol. The van der Waals surface area contributed by atoms with E-state index >= 15 is 0 Å². The Bertz CT molecular complexity index is 1040. The molecule has 0 saturated heterocycles. The van der Waals surface area contributed by atoms with Gasteiger partial charge in [-0.15, -0.1) is 11.3 Å². The second-order valence-electron chi connectivity index (χ2n) is 8.23. The predicted octanol–water partition coefficient (Wildman–Crippen LogP) is 7.35. The number of benzene rings is 1. The van der Waals surface area contributed by atoms with Gasteiger partial charge in [0.2, 0.25) is 5.95 Å². The number of halogens is 3. The predicted molar refractivity (Wildman–Crippen MR) is 118 cm³/mol. The van der Waals surface area contributed by atoms with Crippen molar-refractivity contribution in [1.29, 1.82) is 0 Å². The fourth-order valence-electron chi connectivity index (χ4n) is 4.17. The Kier molecular flexibility index (Phi) is 6.27. The second-order valence-corrected chi connectivity index (χ2v) is 9.29. The number of nitrogens with one attached hydrogen (secondary N) is 1. The fourth-order valence-corrected chi connectivity index (χ4v) is 5.22. The Hall–Kier alpha value is -2.48. The first-order chi connectivity index (χ1) is 14.8. The summed E-state index contributed by atoms with van der Waals surface area (Å²) in [5.41, 5.74) is 1.64. The summed E-state index contributed by atoms with van der Waals surface area (Å²) in [6, 6.07) is 6.68. The second kappa shape index (κ2) is 8.94. The van der Waals surface area contributed by atoms with Gasteiger partial charge in [0.05, 0.1) is 9.88 Å². The van der Waals surface area contributed by atoms with Gasteiger partial charge in [0.25, 0.3) is 0 Å². The summed E-state index contributed by atoms with van der Waals surface area (Å²) in [6.07, 6.45) is 4.98. The van der Waals surface area contributed by atoms with Crippen LogP contribution in [0.15, 0.2) is 36.7 Å². The SMILES string of the molecule is Cc1cc(Nc2nccc(C(F)(F)F)n2)cc(-c2cnc(C(C)C3CCCCC3)s2)c1. The van der Waals surface area contributed by atoms with Crippen LogP contribution in [-0.2, 0) is 6.18 Å². The van der Waals surface area contributed by atoms with Crippen LogP contribution in [0.25, 0.3) is 10.4 Å². The van der Waals surface area contributed by atoms with Crippen molar-refractivity contribution in [3.8, 4) is 10.4 Å². The van der Waals surface area contributed by atoms with E-state index in [0.717, 1.165) is 33.3 Å². The molecule has 2 heterocycles. The maximum absolute atomic E-state index is 12.9. The largest absolute Gasteiger partial charge is 0.433 e. The summed E-state index contributed by atoms with van der Waals surface area (Å²) in [4.78, 5) is 13.3. The fraction of sp³-hybridized carbons (Fsp3) is 0.435. The Labute approximate surface area is 184 Å². The minimum atomic E-state index is -4.51. The average Bonchev–Trinajstić information content (AvgIpc) is 3.23. The third kappa shape index (κ3) is 5.23. The third-order valence-electron chi connectivity index (χ3n) is 5.83. The van der Waals surface area contributed by atoms with Crippen molar-refractivity contribution in [2.45, 2.75) is 58.0 Å². The van der Waals surface area contributed by atoms with Crippen LogP contribution in [0.1, 0.15) is 61.2 Å². The summed E-state index contributed by atoms with van der Waals surface area (Å²) in [7, 11) is 0. The van der Waals surface area contributed by atoms with Crippen LogP contribution < -0.4 is 5.32 Å². The number of alkyl halides is 3. The molecule has 0 amide bonds. The Balaban J connectivity index is 1.55. The number of aromatic nitrogens is 3. The highest BCUT2D eigenvalue weighted by Gasteiger charge is 2.32. The molecule has 2 aromatic heterocycles. The lowest BCUT2D eigenvalue weighted by Gasteiger charge is -2.26. The molecule has 1 aliphatic carbocycles. The molecule has 1 aromatic carbocycles. The Morgan fingerprint density at radius 1 is 1.10 bits per heavy atom. The van der Waals surface area contributed by atoms with E-state index in [0.29, 0.717) is 17.5 Å². The first-order valence-corrected chi connectivity index (χ1v) is 11.4. The van der Waals surface area contributed by atoms with Gasteiger partial charge in [-0.2, -0.15) is 13.2 Å². The first kappa shape index (κ1) is 21.7. The summed E-state index contributed by atoms with van der Waals surface area (Å²) >= 11 is 1.70.